The predicted octanol–water partition coefficient (Wildman–Crippen LogP) is 2.68. The fraction of sp³-hybridized carbons (Fsp3) is 0.500. The smallest absolute Gasteiger partial charge is 0.172 e. The molecule has 0 spiro atoms. The molecule has 0 aromatic carbocycles. The van der Waals surface area contributed by atoms with Crippen LogP contribution in [0.2, 0.25) is 0 Å². The second kappa shape index (κ2) is 6.55. The highest BCUT2D eigenvalue weighted by molar-refractivity contribution is 7.80. The topological polar surface area (TPSA) is 105 Å². The minimum Gasteiger partial charge on any atom is -0.467 e. The minimum atomic E-state index is -2.18. The van der Waals surface area contributed by atoms with Crippen LogP contribution >= 0.6 is 0 Å². The van der Waals surface area contributed by atoms with Gasteiger partial charge in [-0.1, -0.05) is 19.8 Å². The Hall–Kier alpha value is -1.44. The fourth-order valence-electron chi connectivity index (χ4n) is 2.38. The lowest BCUT2D eigenvalue weighted by Gasteiger charge is -2.24. The summed E-state index contributed by atoms with van der Waals surface area (Å²) in [7, 11) is 0. The van der Waals surface area contributed by atoms with E-state index in [1.54, 1.807) is 25.3 Å². The van der Waals surface area contributed by atoms with Crippen LogP contribution in [0.25, 0.3) is 0 Å². The monoisotopic (exact) mass is 311 g/mol. The summed E-state index contributed by atoms with van der Waals surface area (Å²) in [5.41, 5.74) is 7.49. The average Bonchev–Trinajstić information content (AvgIpc) is 3.14. The van der Waals surface area contributed by atoms with Crippen molar-refractivity contribution in [2.45, 2.75) is 43.9 Å². The van der Waals surface area contributed by atoms with Crippen molar-refractivity contribution in [3.8, 4) is 0 Å². The lowest BCUT2D eigenvalue weighted by molar-refractivity contribution is 0.443. The molecule has 0 bridgehead atoms. The summed E-state index contributed by atoms with van der Waals surface area (Å²) in [4.78, 5) is 0. The minimum absolute atomic E-state index is 0.225. The van der Waals surface area contributed by atoms with E-state index in [2.05, 4.69) is 17.1 Å². The lowest BCUT2D eigenvalue weighted by atomic mass is 9.94. The van der Waals surface area contributed by atoms with Crippen molar-refractivity contribution < 1.29 is 13.2 Å². The van der Waals surface area contributed by atoms with Crippen LogP contribution in [-0.2, 0) is 15.8 Å². The number of nitrogens with zero attached hydrogens (tertiary/aromatic N) is 1. The van der Waals surface area contributed by atoms with Gasteiger partial charge in [-0.05, 0) is 25.5 Å². The van der Waals surface area contributed by atoms with Crippen LogP contribution in [-0.4, -0.2) is 19.0 Å². The molecule has 6 nitrogen and oxygen atoms in total. The molecule has 0 saturated carbocycles. The van der Waals surface area contributed by atoms with Gasteiger partial charge < -0.3 is 14.7 Å². The zero-order chi connectivity index (χ0) is 15.5. The summed E-state index contributed by atoms with van der Waals surface area (Å²) in [5.74, 6) is 0.400. The summed E-state index contributed by atoms with van der Waals surface area (Å²) in [6, 6.07) is 3.14. The van der Waals surface area contributed by atoms with Crippen LogP contribution in [0, 0.1) is 0 Å². The second-order valence-corrected chi connectivity index (χ2v) is 6.52. The van der Waals surface area contributed by atoms with Gasteiger partial charge in [0.25, 0.3) is 0 Å². The van der Waals surface area contributed by atoms with Crippen LogP contribution in [0.3, 0.4) is 0 Å². The Morgan fingerprint density at radius 2 is 2.38 bits per heavy atom. The first-order chi connectivity index (χ1) is 10.0. The number of rotatable bonds is 7. The maximum absolute atomic E-state index is 12.0. The van der Waals surface area contributed by atoms with Crippen molar-refractivity contribution in [3.63, 3.8) is 0 Å². The summed E-state index contributed by atoms with van der Waals surface area (Å²) >= 11 is -2.18. The lowest BCUT2D eigenvalue weighted by Crippen LogP contribution is -2.31. The fourth-order valence-corrected chi connectivity index (χ4v) is 3.01. The number of nitrogens with one attached hydrogen (secondary N) is 1. The molecule has 3 unspecified atom stereocenters. The first-order valence-corrected chi connectivity index (χ1v) is 8.06. The molecule has 0 fully saturated rings. The van der Waals surface area contributed by atoms with Gasteiger partial charge in [-0.3, -0.25) is 5.10 Å². The van der Waals surface area contributed by atoms with Gasteiger partial charge in [0.2, 0.25) is 0 Å². The molecule has 3 atom stereocenters. The van der Waals surface area contributed by atoms with E-state index in [1.165, 1.54) is 6.26 Å². The largest absolute Gasteiger partial charge is 0.467 e. The molecule has 0 saturated heterocycles. The molecule has 7 heteroatoms. The third-order valence-corrected chi connectivity index (χ3v) is 4.86. The van der Waals surface area contributed by atoms with E-state index in [-0.39, 0.29) is 6.04 Å². The predicted molar refractivity (Wildman–Crippen MR) is 81.0 cm³/mol. The first-order valence-electron chi connectivity index (χ1n) is 6.96. The number of aromatic nitrogens is 2. The molecule has 0 aliphatic heterocycles. The third-order valence-electron chi connectivity index (χ3n) is 3.75. The number of furan rings is 1. The zero-order valence-corrected chi connectivity index (χ0v) is 13.0. The molecule has 2 aromatic heterocycles. The van der Waals surface area contributed by atoms with Gasteiger partial charge in [-0.25, -0.2) is 4.21 Å². The summed E-state index contributed by atoms with van der Waals surface area (Å²) in [6.45, 7) is 3.74. The Balaban J connectivity index is 2.44. The Morgan fingerprint density at radius 3 is 2.95 bits per heavy atom. The Labute approximate surface area is 126 Å². The number of hydrogen-bond donors (Lipinski definition) is 3. The van der Waals surface area contributed by atoms with Crippen molar-refractivity contribution in [2.75, 3.05) is 0 Å². The van der Waals surface area contributed by atoms with E-state index in [0.717, 1.165) is 24.8 Å². The SMILES string of the molecule is CCCCC(N)c1cn[nH]c1C(C)(c1ccco1)S(=O)O. The van der Waals surface area contributed by atoms with Crippen LogP contribution in [0.1, 0.15) is 56.2 Å². The number of hydrogen-bond acceptors (Lipinski definition) is 4. The number of unbranched alkanes of at least 4 members (excludes halogenated alkanes) is 1. The van der Waals surface area contributed by atoms with E-state index < -0.39 is 15.8 Å². The molecule has 0 aliphatic carbocycles. The van der Waals surface area contributed by atoms with Crippen molar-refractivity contribution >= 4 is 11.1 Å². The first kappa shape index (κ1) is 15.9. The summed E-state index contributed by atoms with van der Waals surface area (Å²) in [5, 5.41) is 6.85. The Bertz CT molecular complexity index is 596. The van der Waals surface area contributed by atoms with Crippen LogP contribution < -0.4 is 5.73 Å². The highest BCUT2D eigenvalue weighted by Crippen LogP contribution is 2.37. The van der Waals surface area contributed by atoms with Crippen molar-refractivity contribution in [2.24, 2.45) is 5.73 Å². The molecule has 0 aliphatic rings. The number of H-pyrrole nitrogens is 1. The van der Waals surface area contributed by atoms with E-state index >= 15 is 0 Å². The van der Waals surface area contributed by atoms with Crippen molar-refractivity contribution in [1.29, 1.82) is 0 Å². The highest BCUT2D eigenvalue weighted by atomic mass is 32.2. The summed E-state index contributed by atoms with van der Waals surface area (Å²) < 4.78 is 25.9. The molecule has 116 valence electrons. The van der Waals surface area contributed by atoms with E-state index in [1.807, 2.05) is 0 Å². The normalized spacial score (nSPS) is 17.3. The maximum atomic E-state index is 12.0. The number of aromatic amines is 1. The van der Waals surface area contributed by atoms with Crippen LogP contribution in [0.15, 0.2) is 29.0 Å². The maximum Gasteiger partial charge on any atom is 0.172 e. The molecule has 2 heterocycles. The molecule has 2 rings (SSSR count). The average molecular weight is 311 g/mol. The third kappa shape index (κ3) is 2.95. The molecule has 2 aromatic rings. The zero-order valence-electron chi connectivity index (χ0n) is 12.2. The highest BCUT2D eigenvalue weighted by Gasteiger charge is 2.42. The van der Waals surface area contributed by atoms with E-state index in [9.17, 15) is 8.76 Å². The molecular weight excluding hydrogens is 290 g/mol. The van der Waals surface area contributed by atoms with Crippen LogP contribution in [0.4, 0.5) is 0 Å². The standard InChI is InChI=1S/C14H21N3O3S/c1-3-4-6-11(15)10-9-16-17-13(10)14(2,21(18)19)12-7-5-8-20-12/h5,7-9,11H,3-4,6,15H2,1-2H3,(H,16,17)(H,18,19). The second-order valence-electron chi connectivity index (χ2n) is 5.21. The molecular formula is C14H21N3O3S. The quantitative estimate of drug-likeness (QED) is 0.682. The molecule has 4 N–H and O–H groups in total. The van der Waals surface area contributed by atoms with Gasteiger partial charge in [-0.2, -0.15) is 5.10 Å². The van der Waals surface area contributed by atoms with Gasteiger partial charge >= 0.3 is 0 Å². The number of nitrogens with two attached hydrogens (primary N) is 1. The Kier molecular flexibility index (Phi) is 4.97. The van der Waals surface area contributed by atoms with Gasteiger partial charge in [-0.15, -0.1) is 0 Å². The molecule has 0 amide bonds. The van der Waals surface area contributed by atoms with Gasteiger partial charge in [0, 0.05) is 11.6 Å². The Morgan fingerprint density at radius 1 is 1.62 bits per heavy atom. The van der Waals surface area contributed by atoms with Crippen molar-refractivity contribution in [3.05, 3.63) is 41.6 Å². The molecule has 0 radical (unpaired) electrons. The van der Waals surface area contributed by atoms with Gasteiger partial charge in [0.1, 0.15) is 5.76 Å². The van der Waals surface area contributed by atoms with Crippen molar-refractivity contribution in [1.82, 2.24) is 10.2 Å². The van der Waals surface area contributed by atoms with Gasteiger partial charge in [0.15, 0.2) is 15.8 Å². The summed E-state index contributed by atoms with van der Waals surface area (Å²) in [6.07, 6.45) is 5.94. The van der Waals surface area contributed by atoms with E-state index in [0.29, 0.717) is 11.5 Å². The van der Waals surface area contributed by atoms with E-state index in [4.69, 9.17) is 10.2 Å². The van der Waals surface area contributed by atoms with Crippen LogP contribution in [0.5, 0.6) is 0 Å². The molecule has 21 heavy (non-hydrogen) atoms. The van der Waals surface area contributed by atoms with Gasteiger partial charge in [0.05, 0.1) is 18.2 Å².